The number of carbonyl (C=O) groups is 2. The highest BCUT2D eigenvalue weighted by atomic mass is 16.5. The molecule has 0 spiro atoms. The van der Waals surface area contributed by atoms with E-state index in [1.807, 2.05) is 0 Å². The lowest BCUT2D eigenvalue weighted by atomic mass is 9.83. The van der Waals surface area contributed by atoms with Crippen LogP contribution < -0.4 is 0 Å². The Kier molecular flexibility index (Phi) is 4.13. The van der Waals surface area contributed by atoms with Crippen LogP contribution >= 0.6 is 0 Å². The Morgan fingerprint density at radius 3 is 2.28 bits per heavy atom. The Bertz CT molecular complexity index is 445. The second-order valence-corrected chi connectivity index (χ2v) is 4.74. The van der Waals surface area contributed by atoms with Gasteiger partial charge in [-0.25, -0.2) is 4.79 Å². The highest BCUT2D eigenvalue weighted by molar-refractivity contribution is 6.07. The summed E-state index contributed by atoms with van der Waals surface area (Å²) in [4.78, 5) is 24.1. The summed E-state index contributed by atoms with van der Waals surface area (Å²) in [6.45, 7) is 0. The Morgan fingerprint density at radius 1 is 1.06 bits per heavy atom. The Balaban J connectivity index is 2.26. The predicted octanol–water partition coefficient (Wildman–Crippen LogP) is 3.24. The minimum atomic E-state index is -0.435. The Hall–Kier alpha value is -1.64. The van der Waals surface area contributed by atoms with Crippen LogP contribution in [0.2, 0.25) is 0 Å². The van der Waals surface area contributed by atoms with Crippen molar-refractivity contribution in [2.24, 2.45) is 5.92 Å². The van der Waals surface area contributed by atoms with Gasteiger partial charge in [0.1, 0.15) is 0 Å². The van der Waals surface area contributed by atoms with Crippen molar-refractivity contribution >= 4 is 11.8 Å². The first-order chi connectivity index (χ1) is 8.74. The van der Waals surface area contributed by atoms with Gasteiger partial charge in [0.2, 0.25) is 0 Å². The molecule has 3 heteroatoms. The van der Waals surface area contributed by atoms with E-state index in [9.17, 15) is 9.59 Å². The molecule has 18 heavy (non-hydrogen) atoms. The molecular weight excluding hydrogens is 228 g/mol. The molecule has 2 rings (SSSR count). The average Bonchev–Trinajstić information content (AvgIpc) is 2.46. The number of esters is 1. The van der Waals surface area contributed by atoms with Gasteiger partial charge < -0.3 is 4.74 Å². The molecule has 0 amide bonds. The average molecular weight is 246 g/mol. The molecule has 0 saturated heterocycles. The maximum absolute atomic E-state index is 12.4. The molecule has 1 aliphatic carbocycles. The molecule has 1 saturated carbocycles. The molecule has 96 valence electrons. The molecular formula is C15H18O3. The van der Waals surface area contributed by atoms with Crippen molar-refractivity contribution in [1.82, 2.24) is 0 Å². The lowest BCUT2D eigenvalue weighted by molar-refractivity contribution is 0.0595. The fourth-order valence-corrected chi connectivity index (χ4v) is 2.57. The van der Waals surface area contributed by atoms with Gasteiger partial charge in [0.05, 0.1) is 12.7 Å². The fraction of sp³-hybridized carbons (Fsp3) is 0.467. The highest BCUT2D eigenvalue weighted by Gasteiger charge is 2.25. The molecule has 0 heterocycles. The Morgan fingerprint density at radius 2 is 1.67 bits per heavy atom. The van der Waals surface area contributed by atoms with E-state index in [0.717, 1.165) is 25.7 Å². The van der Waals surface area contributed by atoms with Crippen LogP contribution in [0.25, 0.3) is 0 Å². The molecule has 0 radical (unpaired) electrons. The van der Waals surface area contributed by atoms with Crippen LogP contribution in [-0.2, 0) is 4.74 Å². The minimum absolute atomic E-state index is 0.0737. The second-order valence-electron chi connectivity index (χ2n) is 4.74. The van der Waals surface area contributed by atoms with Gasteiger partial charge in [-0.15, -0.1) is 0 Å². The van der Waals surface area contributed by atoms with Crippen LogP contribution in [-0.4, -0.2) is 18.9 Å². The zero-order valence-electron chi connectivity index (χ0n) is 10.6. The van der Waals surface area contributed by atoms with E-state index >= 15 is 0 Å². The standard InChI is InChI=1S/C15H18O3/c1-18-15(17)13-10-6-5-9-12(13)14(16)11-7-3-2-4-8-11/h5-6,9-11H,2-4,7-8H2,1H3. The molecule has 1 aromatic carbocycles. The number of benzene rings is 1. The zero-order chi connectivity index (χ0) is 13.0. The van der Waals surface area contributed by atoms with Crippen LogP contribution in [0.4, 0.5) is 0 Å². The first kappa shape index (κ1) is 12.8. The van der Waals surface area contributed by atoms with Crippen molar-refractivity contribution in [2.75, 3.05) is 7.11 Å². The van der Waals surface area contributed by atoms with Gasteiger partial charge in [-0.05, 0) is 18.9 Å². The van der Waals surface area contributed by atoms with Crippen molar-refractivity contribution in [1.29, 1.82) is 0 Å². The molecule has 0 aromatic heterocycles. The van der Waals surface area contributed by atoms with E-state index in [2.05, 4.69) is 0 Å². The third kappa shape index (κ3) is 2.61. The van der Waals surface area contributed by atoms with Gasteiger partial charge in [0.25, 0.3) is 0 Å². The number of Topliss-reactive ketones (excluding diaryl/α,β-unsaturated/α-hetero) is 1. The maximum Gasteiger partial charge on any atom is 0.338 e. The lowest BCUT2D eigenvalue weighted by Crippen LogP contribution is -2.20. The molecule has 3 nitrogen and oxygen atoms in total. The third-order valence-electron chi connectivity index (χ3n) is 3.57. The monoisotopic (exact) mass is 246 g/mol. The topological polar surface area (TPSA) is 43.4 Å². The summed E-state index contributed by atoms with van der Waals surface area (Å²) in [7, 11) is 1.34. The number of hydrogen-bond donors (Lipinski definition) is 0. The minimum Gasteiger partial charge on any atom is -0.465 e. The van der Waals surface area contributed by atoms with Gasteiger partial charge in [0, 0.05) is 11.5 Å². The molecule has 1 aromatic rings. The summed E-state index contributed by atoms with van der Waals surface area (Å²) < 4.78 is 4.72. The van der Waals surface area contributed by atoms with Gasteiger partial charge >= 0.3 is 5.97 Å². The summed E-state index contributed by atoms with van der Waals surface area (Å²) in [5.41, 5.74) is 0.895. The Labute approximate surface area is 107 Å². The van der Waals surface area contributed by atoms with Crippen LogP contribution in [0.5, 0.6) is 0 Å². The summed E-state index contributed by atoms with van der Waals surface area (Å²) in [6, 6.07) is 6.93. The van der Waals surface area contributed by atoms with E-state index in [1.165, 1.54) is 13.5 Å². The second kappa shape index (κ2) is 5.80. The van der Waals surface area contributed by atoms with Crippen molar-refractivity contribution < 1.29 is 14.3 Å². The van der Waals surface area contributed by atoms with Gasteiger partial charge in [-0.3, -0.25) is 4.79 Å². The van der Waals surface area contributed by atoms with Crippen LogP contribution in [0.1, 0.15) is 52.8 Å². The lowest BCUT2D eigenvalue weighted by Gasteiger charge is -2.21. The quantitative estimate of drug-likeness (QED) is 0.607. The third-order valence-corrected chi connectivity index (χ3v) is 3.57. The van der Waals surface area contributed by atoms with Gasteiger partial charge in [0.15, 0.2) is 5.78 Å². The number of carbonyl (C=O) groups excluding carboxylic acids is 2. The SMILES string of the molecule is COC(=O)c1ccccc1C(=O)C1CCCCC1. The van der Waals surface area contributed by atoms with Gasteiger partial charge in [-0.2, -0.15) is 0 Å². The molecule has 0 unspecified atom stereocenters. The van der Waals surface area contributed by atoms with Crippen LogP contribution in [0, 0.1) is 5.92 Å². The van der Waals surface area contributed by atoms with E-state index in [0.29, 0.717) is 11.1 Å². The van der Waals surface area contributed by atoms with Crippen molar-refractivity contribution in [3.8, 4) is 0 Å². The summed E-state index contributed by atoms with van der Waals surface area (Å²) >= 11 is 0. The van der Waals surface area contributed by atoms with E-state index in [1.54, 1.807) is 24.3 Å². The number of ether oxygens (including phenoxy) is 1. The van der Waals surface area contributed by atoms with Gasteiger partial charge in [-0.1, -0.05) is 37.5 Å². The van der Waals surface area contributed by atoms with Crippen LogP contribution in [0.15, 0.2) is 24.3 Å². The van der Waals surface area contributed by atoms with Crippen molar-refractivity contribution in [3.05, 3.63) is 35.4 Å². The van der Waals surface area contributed by atoms with Crippen molar-refractivity contribution in [2.45, 2.75) is 32.1 Å². The number of rotatable bonds is 3. The highest BCUT2D eigenvalue weighted by Crippen LogP contribution is 2.28. The number of hydrogen-bond acceptors (Lipinski definition) is 3. The summed E-state index contributed by atoms with van der Waals surface area (Å²) in [6.07, 6.45) is 5.30. The normalized spacial score (nSPS) is 16.3. The first-order valence-electron chi connectivity index (χ1n) is 6.45. The number of methoxy groups -OCH3 is 1. The van der Waals surface area contributed by atoms with E-state index < -0.39 is 5.97 Å². The summed E-state index contributed by atoms with van der Waals surface area (Å²) in [5.74, 6) is -0.269. The maximum atomic E-state index is 12.4. The van der Waals surface area contributed by atoms with Crippen molar-refractivity contribution in [3.63, 3.8) is 0 Å². The van der Waals surface area contributed by atoms with Crippen LogP contribution in [0.3, 0.4) is 0 Å². The first-order valence-corrected chi connectivity index (χ1v) is 6.45. The summed E-state index contributed by atoms with van der Waals surface area (Å²) in [5, 5.41) is 0. The van der Waals surface area contributed by atoms with E-state index in [4.69, 9.17) is 4.74 Å². The molecule has 1 fully saturated rings. The smallest absolute Gasteiger partial charge is 0.338 e. The predicted molar refractivity (Wildman–Crippen MR) is 68.7 cm³/mol. The molecule has 0 N–H and O–H groups in total. The van der Waals surface area contributed by atoms with E-state index in [-0.39, 0.29) is 11.7 Å². The molecule has 0 atom stereocenters. The largest absolute Gasteiger partial charge is 0.465 e. The molecule has 0 aliphatic heterocycles. The molecule has 1 aliphatic rings. The molecule has 0 bridgehead atoms. The number of ketones is 1. The zero-order valence-corrected chi connectivity index (χ0v) is 10.6. The fourth-order valence-electron chi connectivity index (χ4n) is 2.57.